The lowest BCUT2D eigenvalue weighted by molar-refractivity contribution is -0.120. The van der Waals surface area contributed by atoms with Crippen LogP contribution in [-0.4, -0.2) is 24.9 Å². The number of hydrogen-bond donors (Lipinski definition) is 2. The Kier molecular flexibility index (Phi) is 6.36. The van der Waals surface area contributed by atoms with Crippen molar-refractivity contribution in [2.24, 2.45) is 0 Å². The van der Waals surface area contributed by atoms with E-state index in [0.29, 0.717) is 25.1 Å². The maximum absolute atomic E-state index is 12.2. The Morgan fingerprint density at radius 1 is 0.630 bits per heavy atom. The monoisotopic (exact) mass is 358 g/mol. The van der Waals surface area contributed by atoms with Crippen molar-refractivity contribution in [3.05, 3.63) is 96.1 Å². The fourth-order valence-corrected chi connectivity index (χ4v) is 2.77. The molecule has 0 bridgehead atoms. The van der Waals surface area contributed by atoms with Crippen LogP contribution >= 0.6 is 0 Å². The molecule has 0 saturated heterocycles. The summed E-state index contributed by atoms with van der Waals surface area (Å²) >= 11 is 0. The van der Waals surface area contributed by atoms with Crippen molar-refractivity contribution in [2.45, 2.75) is 6.42 Å². The number of rotatable bonds is 7. The number of carbonyl (C=O) groups is 2. The van der Waals surface area contributed by atoms with Gasteiger partial charge in [-0.15, -0.1) is 0 Å². The van der Waals surface area contributed by atoms with Gasteiger partial charge in [-0.05, 0) is 28.8 Å². The molecule has 0 aliphatic carbocycles. The molecule has 0 radical (unpaired) electrons. The standard InChI is InChI=1S/C23H22N2O2/c26-22(17-18-7-3-1-4-8-18)24-15-16-25-23(27)21-13-11-20(12-14-21)19-9-5-2-6-10-19/h1-14H,15-17H2,(H,24,26)(H,25,27). The molecule has 3 rings (SSSR count). The first kappa shape index (κ1) is 18.4. The molecule has 4 heteroatoms. The molecular formula is C23H22N2O2. The second-order valence-electron chi connectivity index (χ2n) is 6.21. The zero-order valence-corrected chi connectivity index (χ0v) is 15.0. The summed E-state index contributed by atoms with van der Waals surface area (Å²) in [4.78, 5) is 24.1. The third-order valence-corrected chi connectivity index (χ3v) is 4.19. The molecule has 0 aliphatic heterocycles. The molecule has 2 amide bonds. The van der Waals surface area contributed by atoms with Gasteiger partial charge < -0.3 is 10.6 Å². The summed E-state index contributed by atoms with van der Waals surface area (Å²) in [5.41, 5.74) is 3.76. The Morgan fingerprint density at radius 3 is 1.85 bits per heavy atom. The first-order chi connectivity index (χ1) is 13.2. The summed E-state index contributed by atoms with van der Waals surface area (Å²) in [5.74, 6) is -0.199. The second-order valence-corrected chi connectivity index (χ2v) is 6.21. The van der Waals surface area contributed by atoms with E-state index in [1.54, 1.807) is 0 Å². The molecule has 136 valence electrons. The van der Waals surface area contributed by atoms with Crippen LogP contribution < -0.4 is 10.6 Å². The Balaban J connectivity index is 1.42. The molecule has 4 nitrogen and oxygen atoms in total. The van der Waals surface area contributed by atoms with E-state index in [1.807, 2.05) is 84.9 Å². The third kappa shape index (κ3) is 5.54. The van der Waals surface area contributed by atoms with Gasteiger partial charge in [-0.25, -0.2) is 0 Å². The fraction of sp³-hybridized carbons (Fsp3) is 0.130. The maximum atomic E-state index is 12.2. The topological polar surface area (TPSA) is 58.2 Å². The average molecular weight is 358 g/mol. The van der Waals surface area contributed by atoms with Crippen molar-refractivity contribution in [2.75, 3.05) is 13.1 Å². The molecule has 0 unspecified atom stereocenters. The SMILES string of the molecule is O=C(Cc1ccccc1)NCCNC(=O)c1ccc(-c2ccccc2)cc1. The molecule has 0 saturated carbocycles. The lowest BCUT2D eigenvalue weighted by Gasteiger charge is -2.08. The van der Waals surface area contributed by atoms with Gasteiger partial charge in [0.1, 0.15) is 0 Å². The molecule has 27 heavy (non-hydrogen) atoms. The van der Waals surface area contributed by atoms with Gasteiger partial charge in [0.05, 0.1) is 6.42 Å². The number of hydrogen-bond acceptors (Lipinski definition) is 2. The molecule has 0 aliphatic rings. The van der Waals surface area contributed by atoms with Crippen molar-refractivity contribution < 1.29 is 9.59 Å². The average Bonchev–Trinajstić information content (AvgIpc) is 2.72. The number of benzene rings is 3. The molecule has 3 aromatic rings. The minimum Gasteiger partial charge on any atom is -0.354 e. The smallest absolute Gasteiger partial charge is 0.251 e. The predicted octanol–water partition coefficient (Wildman–Crippen LogP) is 3.44. The van der Waals surface area contributed by atoms with Crippen LogP contribution in [0.3, 0.4) is 0 Å². The maximum Gasteiger partial charge on any atom is 0.251 e. The van der Waals surface area contributed by atoms with Gasteiger partial charge in [-0.2, -0.15) is 0 Å². The highest BCUT2D eigenvalue weighted by molar-refractivity contribution is 5.94. The van der Waals surface area contributed by atoms with Crippen molar-refractivity contribution in [3.63, 3.8) is 0 Å². The minimum absolute atomic E-state index is 0.0531. The third-order valence-electron chi connectivity index (χ3n) is 4.19. The van der Waals surface area contributed by atoms with Crippen molar-refractivity contribution in [1.82, 2.24) is 10.6 Å². The predicted molar refractivity (Wildman–Crippen MR) is 107 cm³/mol. The van der Waals surface area contributed by atoms with Gasteiger partial charge in [0.2, 0.25) is 5.91 Å². The van der Waals surface area contributed by atoms with Crippen molar-refractivity contribution in [1.29, 1.82) is 0 Å². The zero-order chi connectivity index (χ0) is 18.9. The van der Waals surface area contributed by atoms with Gasteiger partial charge in [0.15, 0.2) is 0 Å². The Hall–Kier alpha value is -3.40. The quantitative estimate of drug-likeness (QED) is 0.636. The molecule has 3 aromatic carbocycles. The molecular weight excluding hydrogens is 336 g/mol. The lowest BCUT2D eigenvalue weighted by Crippen LogP contribution is -2.35. The van der Waals surface area contributed by atoms with E-state index in [9.17, 15) is 9.59 Å². The Morgan fingerprint density at radius 2 is 1.19 bits per heavy atom. The van der Waals surface area contributed by atoms with Crippen LogP contribution in [0.1, 0.15) is 15.9 Å². The second kappa shape index (κ2) is 9.34. The minimum atomic E-state index is -0.146. The van der Waals surface area contributed by atoms with Crippen LogP contribution in [0, 0.1) is 0 Å². The molecule has 0 fully saturated rings. The number of amides is 2. The largest absolute Gasteiger partial charge is 0.354 e. The summed E-state index contributed by atoms with van der Waals surface area (Å²) in [6.07, 6.45) is 0.343. The van der Waals surface area contributed by atoms with Gasteiger partial charge in [-0.1, -0.05) is 72.8 Å². The van der Waals surface area contributed by atoms with Crippen LogP contribution in [0.5, 0.6) is 0 Å². The summed E-state index contributed by atoms with van der Waals surface area (Å²) < 4.78 is 0. The molecule has 0 atom stereocenters. The van der Waals surface area contributed by atoms with Gasteiger partial charge in [0, 0.05) is 18.7 Å². The van der Waals surface area contributed by atoms with Crippen LogP contribution in [0.2, 0.25) is 0 Å². The van der Waals surface area contributed by atoms with Gasteiger partial charge in [-0.3, -0.25) is 9.59 Å². The first-order valence-electron chi connectivity index (χ1n) is 8.97. The van der Waals surface area contributed by atoms with Crippen LogP contribution in [0.4, 0.5) is 0 Å². The highest BCUT2D eigenvalue weighted by atomic mass is 16.2. The van der Waals surface area contributed by atoms with Crippen molar-refractivity contribution in [3.8, 4) is 11.1 Å². The first-order valence-corrected chi connectivity index (χ1v) is 8.97. The van der Waals surface area contributed by atoms with E-state index in [4.69, 9.17) is 0 Å². The summed E-state index contributed by atoms with van der Waals surface area (Å²) in [7, 11) is 0. The number of carbonyl (C=O) groups excluding carboxylic acids is 2. The van der Waals surface area contributed by atoms with Gasteiger partial charge >= 0.3 is 0 Å². The highest BCUT2D eigenvalue weighted by Gasteiger charge is 2.06. The van der Waals surface area contributed by atoms with E-state index >= 15 is 0 Å². The van der Waals surface area contributed by atoms with Crippen molar-refractivity contribution >= 4 is 11.8 Å². The van der Waals surface area contributed by atoms with E-state index in [-0.39, 0.29) is 11.8 Å². The lowest BCUT2D eigenvalue weighted by atomic mass is 10.0. The molecule has 2 N–H and O–H groups in total. The Bertz CT molecular complexity index is 875. The van der Waals surface area contributed by atoms with E-state index in [0.717, 1.165) is 16.7 Å². The normalized spacial score (nSPS) is 10.2. The number of nitrogens with one attached hydrogen (secondary N) is 2. The van der Waals surface area contributed by atoms with Crippen LogP contribution in [0.15, 0.2) is 84.9 Å². The Labute approximate surface area is 159 Å². The fourth-order valence-electron chi connectivity index (χ4n) is 2.77. The van der Waals surface area contributed by atoms with E-state index < -0.39 is 0 Å². The summed E-state index contributed by atoms with van der Waals surface area (Å²) in [6, 6.07) is 27.1. The van der Waals surface area contributed by atoms with Gasteiger partial charge in [0.25, 0.3) is 5.91 Å². The molecule has 0 heterocycles. The highest BCUT2D eigenvalue weighted by Crippen LogP contribution is 2.19. The van der Waals surface area contributed by atoms with E-state index in [2.05, 4.69) is 10.6 Å². The summed E-state index contributed by atoms with van der Waals surface area (Å²) in [6.45, 7) is 0.791. The van der Waals surface area contributed by atoms with Crippen LogP contribution in [-0.2, 0) is 11.2 Å². The molecule has 0 spiro atoms. The van der Waals surface area contributed by atoms with E-state index in [1.165, 1.54) is 0 Å². The zero-order valence-electron chi connectivity index (χ0n) is 15.0. The molecule has 0 aromatic heterocycles. The van der Waals surface area contributed by atoms with Crippen LogP contribution in [0.25, 0.3) is 11.1 Å². The summed E-state index contributed by atoms with van der Waals surface area (Å²) in [5, 5.41) is 5.64.